The third-order valence-corrected chi connectivity index (χ3v) is 2.12. The van der Waals surface area contributed by atoms with Crippen LogP contribution in [0.2, 0.25) is 0 Å². The van der Waals surface area contributed by atoms with Crippen molar-refractivity contribution in [3.63, 3.8) is 0 Å². The van der Waals surface area contributed by atoms with Crippen molar-refractivity contribution in [1.29, 1.82) is 0 Å². The lowest BCUT2D eigenvalue weighted by Gasteiger charge is -2.16. The Labute approximate surface area is 83.1 Å². The van der Waals surface area contributed by atoms with E-state index in [1.165, 1.54) is 25.7 Å². The van der Waals surface area contributed by atoms with Crippen LogP contribution in [-0.2, 0) is 4.74 Å². The third kappa shape index (κ3) is 8.26. The smallest absolute Gasteiger partial charge is 0.107 e. The molecule has 0 aromatic rings. The molecule has 0 saturated carbocycles. The lowest BCUT2D eigenvalue weighted by molar-refractivity contribution is 0.0263. The molecule has 0 spiro atoms. The molecular weight excluding hydrogens is 162 g/mol. The van der Waals surface area contributed by atoms with E-state index in [0.717, 1.165) is 19.6 Å². The molecule has 0 fully saturated rings. The molecule has 0 rings (SSSR count). The summed E-state index contributed by atoms with van der Waals surface area (Å²) in [6.45, 7) is 8.40. The zero-order chi connectivity index (χ0) is 9.94. The SMILES string of the molecule is CCCCCCOC(CC)NCC. The van der Waals surface area contributed by atoms with Crippen LogP contribution in [0.25, 0.3) is 0 Å². The minimum absolute atomic E-state index is 0.270. The molecule has 1 unspecified atom stereocenters. The molecule has 0 aromatic heterocycles. The van der Waals surface area contributed by atoms with Crippen molar-refractivity contribution in [1.82, 2.24) is 5.32 Å². The van der Waals surface area contributed by atoms with Gasteiger partial charge in [0.2, 0.25) is 0 Å². The first-order valence-corrected chi connectivity index (χ1v) is 5.70. The van der Waals surface area contributed by atoms with Gasteiger partial charge in [-0.3, -0.25) is 5.32 Å². The number of nitrogens with one attached hydrogen (secondary N) is 1. The minimum atomic E-state index is 0.270. The Morgan fingerprint density at radius 2 is 1.85 bits per heavy atom. The van der Waals surface area contributed by atoms with Crippen LogP contribution in [0.1, 0.15) is 52.9 Å². The van der Waals surface area contributed by atoms with Crippen molar-refractivity contribution in [2.24, 2.45) is 0 Å². The summed E-state index contributed by atoms with van der Waals surface area (Å²) >= 11 is 0. The summed E-state index contributed by atoms with van der Waals surface area (Å²) in [5.41, 5.74) is 0. The van der Waals surface area contributed by atoms with Crippen LogP contribution in [0.4, 0.5) is 0 Å². The summed E-state index contributed by atoms with van der Waals surface area (Å²) in [6.07, 6.45) is 6.47. The molecule has 2 heteroatoms. The van der Waals surface area contributed by atoms with Crippen molar-refractivity contribution in [3.05, 3.63) is 0 Å². The standard InChI is InChI=1S/C11H25NO/c1-4-7-8-9-10-13-11(5-2)12-6-3/h11-12H,4-10H2,1-3H3. The maximum absolute atomic E-state index is 5.67. The monoisotopic (exact) mass is 187 g/mol. The fraction of sp³-hybridized carbons (Fsp3) is 1.00. The quantitative estimate of drug-likeness (QED) is 0.442. The largest absolute Gasteiger partial charge is 0.363 e. The summed E-state index contributed by atoms with van der Waals surface area (Å²) in [4.78, 5) is 0. The Morgan fingerprint density at radius 1 is 1.08 bits per heavy atom. The van der Waals surface area contributed by atoms with Gasteiger partial charge in [-0.2, -0.15) is 0 Å². The topological polar surface area (TPSA) is 21.3 Å². The maximum Gasteiger partial charge on any atom is 0.107 e. The number of ether oxygens (including phenoxy) is 1. The molecule has 0 amide bonds. The number of hydrogen-bond donors (Lipinski definition) is 1. The van der Waals surface area contributed by atoms with E-state index >= 15 is 0 Å². The lowest BCUT2D eigenvalue weighted by atomic mass is 10.2. The van der Waals surface area contributed by atoms with Crippen LogP contribution in [0.3, 0.4) is 0 Å². The van der Waals surface area contributed by atoms with E-state index < -0.39 is 0 Å². The molecule has 1 N–H and O–H groups in total. The van der Waals surface area contributed by atoms with Crippen LogP contribution in [0, 0.1) is 0 Å². The average Bonchev–Trinajstić information content (AvgIpc) is 2.16. The second-order valence-electron chi connectivity index (χ2n) is 3.39. The summed E-state index contributed by atoms with van der Waals surface area (Å²) in [7, 11) is 0. The first-order chi connectivity index (χ1) is 6.35. The van der Waals surface area contributed by atoms with Crippen LogP contribution in [-0.4, -0.2) is 19.4 Å². The molecule has 80 valence electrons. The number of hydrogen-bond acceptors (Lipinski definition) is 2. The highest BCUT2D eigenvalue weighted by Gasteiger charge is 2.02. The third-order valence-electron chi connectivity index (χ3n) is 2.12. The highest BCUT2D eigenvalue weighted by atomic mass is 16.5. The Bertz CT molecular complexity index is 96.1. The van der Waals surface area contributed by atoms with Gasteiger partial charge in [-0.25, -0.2) is 0 Å². The van der Waals surface area contributed by atoms with E-state index in [4.69, 9.17) is 4.74 Å². The fourth-order valence-corrected chi connectivity index (χ4v) is 1.30. The zero-order valence-corrected chi connectivity index (χ0v) is 9.44. The predicted molar refractivity (Wildman–Crippen MR) is 57.8 cm³/mol. The summed E-state index contributed by atoms with van der Waals surface area (Å²) in [5, 5.41) is 3.30. The van der Waals surface area contributed by atoms with Gasteiger partial charge < -0.3 is 4.74 Å². The highest BCUT2D eigenvalue weighted by molar-refractivity contribution is 4.50. The molecule has 0 heterocycles. The Hall–Kier alpha value is -0.0800. The van der Waals surface area contributed by atoms with Crippen molar-refractivity contribution in [3.8, 4) is 0 Å². The molecule has 1 atom stereocenters. The summed E-state index contributed by atoms with van der Waals surface area (Å²) in [6, 6.07) is 0. The first-order valence-electron chi connectivity index (χ1n) is 5.70. The fourth-order valence-electron chi connectivity index (χ4n) is 1.30. The Balaban J connectivity index is 3.17. The maximum atomic E-state index is 5.67. The number of rotatable bonds is 9. The Morgan fingerprint density at radius 3 is 2.38 bits per heavy atom. The Kier molecular flexibility index (Phi) is 9.94. The van der Waals surface area contributed by atoms with E-state index in [-0.39, 0.29) is 6.23 Å². The van der Waals surface area contributed by atoms with Gasteiger partial charge in [0.25, 0.3) is 0 Å². The van der Waals surface area contributed by atoms with Crippen LogP contribution >= 0.6 is 0 Å². The van der Waals surface area contributed by atoms with Crippen LogP contribution in [0.15, 0.2) is 0 Å². The molecule has 0 saturated heterocycles. The van der Waals surface area contributed by atoms with Crippen molar-refractivity contribution >= 4 is 0 Å². The molecule has 0 aliphatic carbocycles. The molecule has 0 aromatic carbocycles. The number of unbranched alkanes of at least 4 members (excludes halogenated alkanes) is 3. The van der Waals surface area contributed by atoms with Gasteiger partial charge in [0.05, 0.1) is 0 Å². The van der Waals surface area contributed by atoms with Gasteiger partial charge in [-0.15, -0.1) is 0 Å². The molecule has 0 radical (unpaired) electrons. The van der Waals surface area contributed by atoms with Crippen molar-refractivity contribution in [2.75, 3.05) is 13.2 Å². The van der Waals surface area contributed by atoms with Gasteiger partial charge in [-0.05, 0) is 19.4 Å². The van der Waals surface area contributed by atoms with Gasteiger partial charge in [-0.1, -0.05) is 40.0 Å². The molecule has 2 nitrogen and oxygen atoms in total. The van der Waals surface area contributed by atoms with E-state index in [9.17, 15) is 0 Å². The molecule has 0 bridgehead atoms. The lowest BCUT2D eigenvalue weighted by Crippen LogP contribution is -2.31. The normalized spacial score (nSPS) is 13.2. The predicted octanol–water partition coefficient (Wildman–Crippen LogP) is 2.93. The van der Waals surface area contributed by atoms with Gasteiger partial charge in [0, 0.05) is 6.61 Å². The summed E-state index contributed by atoms with van der Waals surface area (Å²) in [5.74, 6) is 0. The van der Waals surface area contributed by atoms with E-state index in [1.54, 1.807) is 0 Å². The van der Waals surface area contributed by atoms with Gasteiger partial charge in [0.1, 0.15) is 6.23 Å². The first kappa shape index (κ1) is 12.9. The van der Waals surface area contributed by atoms with Crippen molar-refractivity contribution in [2.45, 2.75) is 59.1 Å². The van der Waals surface area contributed by atoms with Gasteiger partial charge in [0.15, 0.2) is 0 Å². The second kappa shape index (κ2) is 10.0. The van der Waals surface area contributed by atoms with E-state index in [2.05, 4.69) is 26.1 Å². The minimum Gasteiger partial charge on any atom is -0.363 e. The van der Waals surface area contributed by atoms with E-state index in [1.807, 2.05) is 0 Å². The van der Waals surface area contributed by atoms with E-state index in [0.29, 0.717) is 0 Å². The van der Waals surface area contributed by atoms with Crippen LogP contribution in [0.5, 0.6) is 0 Å². The van der Waals surface area contributed by atoms with Gasteiger partial charge >= 0.3 is 0 Å². The molecule has 13 heavy (non-hydrogen) atoms. The van der Waals surface area contributed by atoms with Crippen LogP contribution < -0.4 is 5.32 Å². The molecular formula is C11H25NO. The molecule has 0 aliphatic rings. The molecule has 0 aliphatic heterocycles. The average molecular weight is 187 g/mol. The highest BCUT2D eigenvalue weighted by Crippen LogP contribution is 2.01. The zero-order valence-electron chi connectivity index (χ0n) is 9.44. The van der Waals surface area contributed by atoms with Crippen molar-refractivity contribution < 1.29 is 4.74 Å². The second-order valence-corrected chi connectivity index (χ2v) is 3.39. The summed E-state index contributed by atoms with van der Waals surface area (Å²) < 4.78 is 5.67.